The van der Waals surface area contributed by atoms with Crippen molar-refractivity contribution in [3.05, 3.63) is 64.4 Å². The third-order valence-electron chi connectivity index (χ3n) is 6.07. The van der Waals surface area contributed by atoms with Crippen LogP contribution in [0.15, 0.2) is 53.3 Å². The van der Waals surface area contributed by atoms with Crippen LogP contribution < -0.4 is 0 Å². The number of aliphatic carboxylic acids is 1. The topological polar surface area (TPSA) is 89.0 Å². The molecule has 7 nitrogen and oxygen atoms in total. The molecule has 2 heterocycles. The van der Waals surface area contributed by atoms with Crippen LogP contribution in [0.1, 0.15) is 24.0 Å². The Labute approximate surface area is 183 Å². The summed E-state index contributed by atoms with van der Waals surface area (Å²) in [5.74, 6) is -0.803. The number of carboxylic acid groups (broad SMARTS) is 1. The van der Waals surface area contributed by atoms with E-state index in [4.69, 9.17) is 9.47 Å². The molecule has 1 aliphatic heterocycles. The van der Waals surface area contributed by atoms with Crippen LogP contribution in [-0.2, 0) is 26.5 Å². The second kappa shape index (κ2) is 8.73. The smallest absolute Gasteiger partial charge is 0.410 e. The summed E-state index contributed by atoms with van der Waals surface area (Å²) in [5.41, 5.74) is 1.04. The van der Waals surface area contributed by atoms with E-state index in [2.05, 4.69) is 20.9 Å². The fourth-order valence-corrected chi connectivity index (χ4v) is 5.32. The number of fused-ring (bicyclic) bond motifs is 1. The standard InChI is InChI=1S/C22H23BrN2O5/c23-19-10-24-9-7-17(19)22(30-14-20(26)27)8-6-16-11-25(12-18(16)22)21(28)29-13-15-4-2-1-3-5-15/h1-5,7,9-10,16,18H,6,8,11-14H2,(H,26,27). The first-order valence-electron chi connectivity index (χ1n) is 9.91. The van der Waals surface area contributed by atoms with Crippen LogP contribution in [0.3, 0.4) is 0 Å². The van der Waals surface area contributed by atoms with E-state index in [-0.39, 0.29) is 24.5 Å². The van der Waals surface area contributed by atoms with Crippen molar-refractivity contribution in [1.82, 2.24) is 9.88 Å². The summed E-state index contributed by atoms with van der Waals surface area (Å²) in [5, 5.41) is 9.23. The van der Waals surface area contributed by atoms with Gasteiger partial charge in [0.2, 0.25) is 0 Å². The minimum atomic E-state index is -1.01. The van der Waals surface area contributed by atoms with Crippen molar-refractivity contribution in [2.24, 2.45) is 11.8 Å². The number of aromatic nitrogens is 1. The van der Waals surface area contributed by atoms with E-state index in [0.29, 0.717) is 19.5 Å². The number of amides is 1. The Kier molecular flexibility index (Phi) is 6.06. The van der Waals surface area contributed by atoms with Crippen molar-refractivity contribution >= 4 is 28.0 Å². The van der Waals surface area contributed by atoms with Gasteiger partial charge in [-0.05, 0) is 46.3 Å². The number of carbonyl (C=O) groups excluding carboxylic acids is 1. The van der Waals surface area contributed by atoms with E-state index < -0.39 is 18.2 Å². The molecule has 1 saturated heterocycles. The maximum Gasteiger partial charge on any atom is 0.410 e. The van der Waals surface area contributed by atoms with E-state index in [0.717, 1.165) is 22.0 Å². The maximum absolute atomic E-state index is 12.7. The highest BCUT2D eigenvalue weighted by Gasteiger charge is 2.56. The van der Waals surface area contributed by atoms with Gasteiger partial charge >= 0.3 is 12.1 Å². The molecule has 1 saturated carbocycles. The molecule has 2 aromatic rings. The highest BCUT2D eigenvalue weighted by molar-refractivity contribution is 9.10. The molecule has 30 heavy (non-hydrogen) atoms. The van der Waals surface area contributed by atoms with E-state index in [1.54, 1.807) is 17.3 Å². The van der Waals surface area contributed by atoms with E-state index >= 15 is 0 Å². The first-order chi connectivity index (χ1) is 14.5. The van der Waals surface area contributed by atoms with Gasteiger partial charge in [0.1, 0.15) is 13.2 Å². The number of carbonyl (C=O) groups is 2. The Bertz CT molecular complexity index is 925. The summed E-state index contributed by atoms with van der Waals surface area (Å²) in [6.45, 7) is 0.879. The number of pyridine rings is 1. The maximum atomic E-state index is 12.7. The second-order valence-corrected chi connectivity index (χ2v) is 8.63. The number of rotatable bonds is 6. The van der Waals surface area contributed by atoms with Crippen LogP contribution in [0, 0.1) is 11.8 Å². The van der Waals surface area contributed by atoms with Gasteiger partial charge in [-0.15, -0.1) is 0 Å². The molecule has 3 atom stereocenters. The first-order valence-corrected chi connectivity index (χ1v) is 10.7. The van der Waals surface area contributed by atoms with Crippen molar-refractivity contribution in [2.75, 3.05) is 19.7 Å². The number of hydrogen-bond acceptors (Lipinski definition) is 5. The molecular weight excluding hydrogens is 452 g/mol. The molecule has 3 unspecified atom stereocenters. The van der Waals surface area contributed by atoms with E-state index in [9.17, 15) is 14.7 Å². The van der Waals surface area contributed by atoms with Crippen LogP contribution in [0.2, 0.25) is 0 Å². The van der Waals surface area contributed by atoms with Gasteiger partial charge in [0, 0.05) is 41.4 Å². The van der Waals surface area contributed by atoms with E-state index in [1.165, 1.54) is 0 Å². The van der Waals surface area contributed by atoms with Gasteiger partial charge < -0.3 is 19.5 Å². The van der Waals surface area contributed by atoms with Crippen LogP contribution in [0.4, 0.5) is 4.79 Å². The average Bonchev–Trinajstić information content (AvgIpc) is 3.32. The van der Waals surface area contributed by atoms with Crippen molar-refractivity contribution in [1.29, 1.82) is 0 Å². The average molecular weight is 475 g/mol. The number of benzene rings is 1. The summed E-state index contributed by atoms with van der Waals surface area (Å²) < 4.78 is 12.3. The highest BCUT2D eigenvalue weighted by atomic mass is 79.9. The Morgan fingerprint density at radius 3 is 2.77 bits per heavy atom. The molecular formula is C22H23BrN2O5. The fourth-order valence-electron chi connectivity index (χ4n) is 4.74. The zero-order chi connectivity index (χ0) is 21.1. The number of likely N-dealkylation sites (tertiary alicyclic amines) is 1. The van der Waals surface area contributed by atoms with Gasteiger partial charge in [0.15, 0.2) is 0 Å². The molecule has 8 heteroatoms. The Balaban J connectivity index is 1.51. The summed E-state index contributed by atoms with van der Waals surface area (Å²) in [4.78, 5) is 29.8. The van der Waals surface area contributed by atoms with Gasteiger partial charge in [-0.3, -0.25) is 4.98 Å². The quantitative estimate of drug-likeness (QED) is 0.684. The minimum Gasteiger partial charge on any atom is -0.480 e. The van der Waals surface area contributed by atoms with Gasteiger partial charge in [0.25, 0.3) is 0 Å². The number of hydrogen-bond donors (Lipinski definition) is 1. The normalized spacial score (nSPS) is 25.2. The zero-order valence-corrected chi connectivity index (χ0v) is 18.0. The van der Waals surface area contributed by atoms with Crippen molar-refractivity contribution in [3.63, 3.8) is 0 Å². The summed E-state index contributed by atoms with van der Waals surface area (Å²) in [7, 11) is 0. The van der Waals surface area contributed by atoms with Gasteiger partial charge in [-0.25, -0.2) is 9.59 Å². The monoisotopic (exact) mass is 474 g/mol. The Morgan fingerprint density at radius 1 is 1.23 bits per heavy atom. The molecule has 2 aliphatic rings. The van der Waals surface area contributed by atoms with Crippen LogP contribution >= 0.6 is 15.9 Å². The largest absolute Gasteiger partial charge is 0.480 e. The predicted octanol–water partition coefficient (Wildman–Crippen LogP) is 3.82. The molecule has 1 amide bonds. The number of ether oxygens (including phenoxy) is 2. The molecule has 0 bridgehead atoms. The highest BCUT2D eigenvalue weighted by Crippen LogP contribution is 2.54. The molecule has 1 aliphatic carbocycles. The SMILES string of the molecule is O=C(O)COC1(c2ccncc2Br)CCC2CN(C(=O)OCc3ccccc3)CC21. The lowest BCUT2D eigenvalue weighted by Crippen LogP contribution is -2.40. The zero-order valence-electron chi connectivity index (χ0n) is 16.4. The van der Waals surface area contributed by atoms with Crippen molar-refractivity contribution in [2.45, 2.75) is 25.0 Å². The fraction of sp³-hybridized carbons (Fsp3) is 0.409. The lowest BCUT2D eigenvalue weighted by atomic mass is 9.82. The lowest BCUT2D eigenvalue weighted by Gasteiger charge is -2.36. The number of halogens is 1. The third kappa shape index (κ3) is 4.06. The van der Waals surface area contributed by atoms with E-state index in [1.807, 2.05) is 36.4 Å². The molecule has 158 valence electrons. The molecule has 1 aromatic carbocycles. The van der Waals surface area contributed by atoms with Crippen LogP contribution in [0.25, 0.3) is 0 Å². The molecule has 1 N–H and O–H groups in total. The van der Waals surface area contributed by atoms with Gasteiger partial charge in [-0.2, -0.15) is 0 Å². The summed E-state index contributed by atoms with van der Waals surface area (Å²) >= 11 is 3.55. The summed E-state index contributed by atoms with van der Waals surface area (Å²) in [6.07, 6.45) is 4.57. The van der Waals surface area contributed by atoms with Gasteiger partial charge in [-0.1, -0.05) is 30.3 Å². The molecule has 0 radical (unpaired) electrons. The van der Waals surface area contributed by atoms with Crippen LogP contribution in [-0.4, -0.2) is 46.7 Å². The Hall–Kier alpha value is -2.45. The Morgan fingerprint density at radius 2 is 2.03 bits per heavy atom. The van der Waals surface area contributed by atoms with Crippen molar-refractivity contribution in [3.8, 4) is 0 Å². The predicted molar refractivity (Wildman–Crippen MR) is 112 cm³/mol. The lowest BCUT2D eigenvalue weighted by molar-refractivity contribution is -0.154. The minimum absolute atomic E-state index is 0.0141. The van der Waals surface area contributed by atoms with Gasteiger partial charge in [0.05, 0.1) is 5.60 Å². The number of carboxylic acids is 1. The second-order valence-electron chi connectivity index (χ2n) is 7.78. The first kappa shape index (κ1) is 20.8. The number of nitrogens with zero attached hydrogens (tertiary/aromatic N) is 2. The molecule has 2 fully saturated rings. The molecule has 4 rings (SSSR count). The molecule has 0 spiro atoms. The molecule has 1 aromatic heterocycles. The van der Waals surface area contributed by atoms with Crippen LogP contribution in [0.5, 0.6) is 0 Å². The third-order valence-corrected chi connectivity index (χ3v) is 6.70. The van der Waals surface area contributed by atoms with Crippen molar-refractivity contribution < 1.29 is 24.2 Å². The summed E-state index contributed by atoms with van der Waals surface area (Å²) in [6, 6.07) is 11.4.